The third-order valence-corrected chi connectivity index (χ3v) is 4.88. The van der Waals surface area contributed by atoms with Gasteiger partial charge < -0.3 is 9.64 Å². The van der Waals surface area contributed by atoms with Gasteiger partial charge in [0.05, 0.1) is 18.7 Å². The van der Waals surface area contributed by atoms with Gasteiger partial charge in [0.15, 0.2) is 5.65 Å². The number of esters is 1. The highest BCUT2D eigenvalue weighted by molar-refractivity contribution is 7.99. The summed E-state index contributed by atoms with van der Waals surface area (Å²) in [5.74, 6) is 2.82. The van der Waals surface area contributed by atoms with Gasteiger partial charge in [0, 0.05) is 18.3 Å². The van der Waals surface area contributed by atoms with Crippen molar-refractivity contribution in [1.82, 2.24) is 19.7 Å². The maximum absolute atomic E-state index is 11.5. The number of anilines is 1. The van der Waals surface area contributed by atoms with Gasteiger partial charge in [0.1, 0.15) is 18.7 Å². The molecule has 1 aliphatic rings. The van der Waals surface area contributed by atoms with Crippen LogP contribution in [0.1, 0.15) is 13.3 Å². The number of ether oxygens (including phenoxy) is 1. The zero-order valence-corrected chi connectivity index (χ0v) is 13.5. The van der Waals surface area contributed by atoms with Crippen LogP contribution in [0.15, 0.2) is 12.5 Å². The second-order valence-electron chi connectivity index (χ2n) is 5.26. The van der Waals surface area contributed by atoms with Crippen LogP contribution in [-0.4, -0.2) is 56.9 Å². The Morgan fingerprint density at radius 2 is 2.32 bits per heavy atom. The third kappa shape index (κ3) is 2.87. The highest BCUT2D eigenvalue weighted by Crippen LogP contribution is 2.27. The molecule has 1 saturated heterocycles. The number of aromatic nitrogens is 4. The second-order valence-corrected chi connectivity index (χ2v) is 6.48. The molecule has 0 spiro atoms. The van der Waals surface area contributed by atoms with Crippen molar-refractivity contribution in [3.63, 3.8) is 0 Å². The van der Waals surface area contributed by atoms with Crippen molar-refractivity contribution < 1.29 is 9.53 Å². The molecule has 3 heterocycles. The topological polar surface area (TPSA) is 73.1 Å². The van der Waals surface area contributed by atoms with E-state index in [4.69, 9.17) is 4.74 Å². The summed E-state index contributed by atoms with van der Waals surface area (Å²) >= 11 is 1.97. The Kier molecular flexibility index (Phi) is 4.47. The highest BCUT2D eigenvalue weighted by atomic mass is 32.2. The molecule has 0 amide bonds. The maximum atomic E-state index is 11.5. The first-order valence-corrected chi connectivity index (χ1v) is 8.44. The Balaban J connectivity index is 1.98. The summed E-state index contributed by atoms with van der Waals surface area (Å²) in [4.78, 5) is 22.5. The average molecular weight is 321 g/mol. The zero-order valence-electron chi connectivity index (χ0n) is 12.7. The molecular weight excluding hydrogens is 302 g/mol. The van der Waals surface area contributed by atoms with Gasteiger partial charge in [-0.1, -0.05) is 0 Å². The van der Waals surface area contributed by atoms with E-state index in [0.717, 1.165) is 29.9 Å². The van der Waals surface area contributed by atoms with Crippen molar-refractivity contribution >= 4 is 34.6 Å². The molecule has 2 aromatic rings. The lowest BCUT2D eigenvalue weighted by Gasteiger charge is -2.28. The summed E-state index contributed by atoms with van der Waals surface area (Å²) in [6, 6.07) is 0.428. The van der Waals surface area contributed by atoms with Crippen molar-refractivity contribution in [2.24, 2.45) is 0 Å². The first-order chi connectivity index (χ1) is 10.7. The maximum Gasteiger partial charge on any atom is 0.327 e. The Hall–Kier alpha value is -1.83. The normalized spacial score (nSPS) is 19.2. The summed E-state index contributed by atoms with van der Waals surface area (Å²) in [6.07, 6.45) is 4.41. The monoisotopic (exact) mass is 321 g/mol. The number of carbonyl (C=O) groups is 1. The molecule has 1 aliphatic heterocycles. The molecule has 22 heavy (non-hydrogen) atoms. The second kappa shape index (κ2) is 6.51. The zero-order chi connectivity index (χ0) is 15.5. The Morgan fingerprint density at radius 1 is 1.45 bits per heavy atom. The fraction of sp³-hybridized carbons (Fsp3) is 0.571. The van der Waals surface area contributed by atoms with Crippen molar-refractivity contribution in [1.29, 1.82) is 0 Å². The Morgan fingerprint density at radius 3 is 3.14 bits per heavy atom. The van der Waals surface area contributed by atoms with Gasteiger partial charge in [0.25, 0.3) is 0 Å². The molecule has 3 rings (SSSR count). The Bertz CT molecular complexity index is 674. The van der Waals surface area contributed by atoms with Crippen molar-refractivity contribution in [2.75, 3.05) is 30.1 Å². The standard InChI is InChI=1S/C14H19N5O2S/c1-10-3-5-22-6-4-18(10)13-11-7-17-19(8-12(20)21-2)14(11)16-9-15-13/h7,9-10H,3-6,8H2,1-2H3/t10-/m1/s1. The number of rotatable bonds is 3. The van der Waals surface area contributed by atoms with Crippen LogP contribution in [0.5, 0.6) is 0 Å². The lowest BCUT2D eigenvalue weighted by atomic mass is 10.2. The molecule has 0 bridgehead atoms. The molecule has 0 saturated carbocycles. The summed E-state index contributed by atoms with van der Waals surface area (Å²) in [6.45, 7) is 3.24. The molecule has 0 unspecified atom stereocenters. The van der Waals surface area contributed by atoms with Crippen LogP contribution in [0.25, 0.3) is 11.0 Å². The van der Waals surface area contributed by atoms with Crippen LogP contribution >= 0.6 is 11.8 Å². The lowest BCUT2D eigenvalue weighted by Crippen LogP contribution is -2.34. The molecule has 0 aliphatic carbocycles. The first-order valence-electron chi connectivity index (χ1n) is 7.28. The molecular formula is C14H19N5O2S. The summed E-state index contributed by atoms with van der Waals surface area (Å²) in [7, 11) is 1.37. The summed E-state index contributed by atoms with van der Waals surface area (Å²) < 4.78 is 6.26. The van der Waals surface area contributed by atoms with E-state index in [9.17, 15) is 4.79 Å². The van der Waals surface area contributed by atoms with Crippen LogP contribution in [0.3, 0.4) is 0 Å². The van der Waals surface area contributed by atoms with E-state index < -0.39 is 0 Å². The molecule has 1 atom stereocenters. The fourth-order valence-electron chi connectivity index (χ4n) is 2.62. The molecule has 0 N–H and O–H groups in total. The largest absolute Gasteiger partial charge is 0.468 e. The molecule has 7 nitrogen and oxygen atoms in total. The quantitative estimate of drug-likeness (QED) is 0.790. The average Bonchev–Trinajstić information content (AvgIpc) is 2.81. The predicted octanol–water partition coefficient (Wildman–Crippen LogP) is 1.33. The van der Waals surface area contributed by atoms with Crippen LogP contribution < -0.4 is 4.90 Å². The first kappa shape index (κ1) is 15.1. The van der Waals surface area contributed by atoms with Crippen molar-refractivity contribution in [2.45, 2.75) is 25.9 Å². The van der Waals surface area contributed by atoms with Crippen LogP contribution in [0.2, 0.25) is 0 Å². The highest BCUT2D eigenvalue weighted by Gasteiger charge is 2.22. The minimum Gasteiger partial charge on any atom is -0.468 e. The van der Waals surface area contributed by atoms with E-state index in [1.165, 1.54) is 19.2 Å². The van der Waals surface area contributed by atoms with Crippen molar-refractivity contribution in [3.05, 3.63) is 12.5 Å². The van der Waals surface area contributed by atoms with Crippen LogP contribution in [0, 0.1) is 0 Å². The third-order valence-electron chi connectivity index (χ3n) is 3.88. The lowest BCUT2D eigenvalue weighted by molar-refractivity contribution is -0.141. The molecule has 118 valence electrons. The number of methoxy groups -OCH3 is 1. The van der Waals surface area contributed by atoms with Crippen LogP contribution in [-0.2, 0) is 16.1 Å². The predicted molar refractivity (Wildman–Crippen MR) is 86.1 cm³/mol. The molecule has 2 aromatic heterocycles. The van der Waals surface area contributed by atoms with E-state index >= 15 is 0 Å². The summed E-state index contributed by atoms with van der Waals surface area (Å²) in [5, 5.41) is 5.15. The SMILES string of the molecule is COC(=O)Cn1ncc2c(N3CCSCC[C@H]3C)ncnc21. The van der Waals surface area contributed by atoms with E-state index in [1.807, 2.05) is 11.8 Å². The number of thioether (sulfide) groups is 1. The van der Waals surface area contributed by atoms with Gasteiger partial charge in [-0.2, -0.15) is 16.9 Å². The minimum atomic E-state index is -0.343. The Labute approximate surface area is 133 Å². The van der Waals surface area contributed by atoms with Gasteiger partial charge in [0.2, 0.25) is 0 Å². The number of hydrogen-bond acceptors (Lipinski definition) is 7. The van der Waals surface area contributed by atoms with Gasteiger partial charge in [-0.05, 0) is 19.1 Å². The minimum absolute atomic E-state index is 0.0574. The molecule has 8 heteroatoms. The van der Waals surface area contributed by atoms with E-state index in [1.54, 1.807) is 10.9 Å². The fourth-order valence-corrected chi connectivity index (χ4v) is 3.66. The smallest absolute Gasteiger partial charge is 0.327 e. The molecule has 0 radical (unpaired) electrons. The number of fused-ring (bicyclic) bond motifs is 1. The van der Waals surface area contributed by atoms with Gasteiger partial charge in [-0.15, -0.1) is 0 Å². The van der Waals surface area contributed by atoms with Gasteiger partial charge in [-0.25, -0.2) is 14.6 Å². The van der Waals surface area contributed by atoms with Gasteiger partial charge >= 0.3 is 5.97 Å². The van der Waals surface area contributed by atoms with Gasteiger partial charge in [-0.3, -0.25) is 4.79 Å². The summed E-state index contributed by atoms with van der Waals surface area (Å²) in [5.41, 5.74) is 0.666. The number of nitrogens with zero attached hydrogens (tertiary/aromatic N) is 5. The van der Waals surface area contributed by atoms with E-state index in [2.05, 4.69) is 26.9 Å². The van der Waals surface area contributed by atoms with E-state index in [0.29, 0.717) is 11.7 Å². The number of carbonyl (C=O) groups excluding carboxylic acids is 1. The molecule has 0 aromatic carbocycles. The van der Waals surface area contributed by atoms with Crippen LogP contribution in [0.4, 0.5) is 5.82 Å². The van der Waals surface area contributed by atoms with Crippen molar-refractivity contribution in [3.8, 4) is 0 Å². The molecule has 1 fully saturated rings. The number of hydrogen-bond donors (Lipinski definition) is 0. The van der Waals surface area contributed by atoms with E-state index in [-0.39, 0.29) is 12.5 Å².